The third-order valence-electron chi connectivity index (χ3n) is 3.01. The predicted octanol–water partition coefficient (Wildman–Crippen LogP) is 5.29. The van der Waals surface area contributed by atoms with Crippen LogP contribution in [0.3, 0.4) is 0 Å². The first-order valence-electron chi connectivity index (χ1n) is 7.39. The van der Waals surface area contributed by atoms with Gasteiger partial charge in [0.05, 0.1) is 18.9 Å². The third kappa shape index (κ3) is 5.62. The van der Waals surface area contributed by atoms with Gasteiger partial charge in [-0.15, -0.1) is 5.73 Å². The van der Waals surface area contributed by atoms with E-state index in [1.807, 2.05) is 30.3 Å². The first kappa shape index (κ1) is 17.2. The fourth-order valence-electron chi connectivity index (χ4n) is 1.87. The molecule has 0 aliphatic carbocycles. The highest BCUT2D eigenvalue weighted by molar-refractivity contribution is 7.91. The van der Waals surface area contributed by atoms with Crippen molar-refractivity contribution in [2.75, 3.05) is 0 Å². The Balaban J connectivity index is 2.96. The van der Waals surface area contributed by atoms with Crippen LogP contribution in [0.25, 0.3) is 0 Å². The summed E-state index contributed by atoms with van der Waals surface area (Å²) in [5.41, 5.74) is 3.37. The Hall–Kier alpha value is -0.893. The molecule has 0 aliphatic rings. The smallest absolute Gasteiger partial charge is 0.0996 e. The molecule has 0 aromatic heterocycles. The molecule has 0 amide bonds. The summed E-state index contributed by atoms with van der Waals surface area (Å²) in [6, 6.07) is 9.73. The summed E-state index contributed by atoms with van der Waals surface area (Å²) in [4.78, 5) is 0.888. The van der Waals surface area contributed by atoms with E-state index in [1.165, 1.54) is 19.3 Å². The molecule has 1 aromatic rings. The van der Waals surface area contributed by atoms with E-state index < -0.39 is 18.9 Å². The van der Waals surface area contributed by atoms with Crippen LogP contribution in [-0.4, -0.2) is 12.3 Å². The quantitative estimate of drug-likeness (QED) is 0.380. The average Bonchev–Trinajstić information content (AvgIpc) is 2.42. The van der Waals surface area contributed by atoms with Crippen LogP contribution < -0.4 is 0 Å². The summed E-state index contributed by atoms with van der Waals surface area (Å²) in [6.45, 7) is 8.90. The van der Waals surface area contributed by atoms with Crippen molar-refractivity contribution in [2.24, 2.45) is 0 Å². The van der Waals surface area contributed by atoms with Gasteiger partial charge in [0.25, 0.3) is 0 Å². The first-order valence-corrected chi connectivity index (χ1v) is 12.0. The highest BCUT2D eigenvalue weighted by Crippen LogP contribution is 2.22. The monoisotopic (exact) mass is 306 g/mol. The van der Waals surface area contributed by atoms with E-state index in [0.29, 0.717) is 0 Å². The molecule has 20 heavy (non-hydrogen) atoms. The van der Waals surface area contributed by atoms with Gasteiger partial charge in [0.2, 0.25) is 0 Å². The lowest BCUT2D eigenvalue weighted by Gasteiger charge is -2.18. The van der Waals surface area contributed by atoms with Gasteiger partial charge in [-0.2, -0.15) is 0 Å². The van der Waals surface area contributed by atoms with E-state index in [0.717, 1.165) is 15.8 Å². The Bertz CT molecular complexity index is 493. The van der Waals surface area contributed by atoms with Crippen molar-refractivity contribution in [2.45, 2.75) is 57.1 Å². The minimum Gasteiger partial charge on any atom is -0.249 e. The molecule has 0 N–H and O–H groups in total. The largest absolute Gasteiger partial charge is 0.249 e. The lowest BCUT2D eigenvalue weighted by Crippen LogP contribution is -2.26. The van der Waals surface area contributed by atoms with Crippen LogP contribution in [0.15, 0.2) is 51.6 Å². The maximum Gasteiger partial charge on any atom is 0.0996 e. The summed E-state index contributed by atoms with van der Waals surface area (Å²) in [7, 11) is -2.69. The lowest BCUT2D eigenvalue weighted by molar-refractivity contribution is 0.687. The van der Waals surface area contributed by atoms with E-state index in [1.54, 1.807) is 0 Å². The predicted molar refractivity (Wildman–Crippen MR) is 91.9 cm³/mol. The minimum absolute atomic E-state index is 0.888. The van der Waals surface area contributed by atoms with Crippen LogP contribution in [0.4, 0.5) is 0 Å². The molecular weight excluding hydrogens is 280 g/mol. The minimum atomic E-state index is -1.63. The Morgan fingerprint density at radius 2 is 1.85 bits per heavy atom. The van der Waals surface area contributed by atoms with Gasteiger partial charge in [0, 0.05) is 9.42 Å². The molecular formula is C17H26OSSi. The zero-order valence-electron chi connectivity index (χ0n) is 13.1. The summed E-state index contributed by atoms with van der Waals surface area (Å²) in [5, 5.41) is 0. The standard InChI is InChI=1S/C17H26OSSi/c1-5-6-7-8-12-15-17(20(2,3)4)19(18)16-13-10-9-11-14-16/h9-14H,5-8H2,1-4H3. The molecule has 0 radical (unpaired) electrons. The van der Waals surface area contributed by atoms with Gasteiger partial charge in [-0.25, -0.2) is 4.21 Å². The summed E-state index contributed by atoms with van der Waals surface area (Å²) in [5.74, 6) is 0. The van der Waals surface area contributed by atoms with Gasteiger partial charge in [-0.3, -0.25) is 0 Å². The molecule has 1 unspecified atom stereocenters. The van der Waals surface area contributed by atoms with Crippen LogP contribution in [0.2, 0.25) is 19.6 Å². The molecule has 0 saturated carbocycles. The zero-order chi connectivity index (χ0) is 15.0. The maximum atomic E-state index is 12.7. The Kier molecular flexibility index (Phi) is 7.21. The second kappa shape index (κ2) is 8.41. The molecule has 1 atom stereocenters. The molecule has 110 valence electrons. The van der Waals surface area contributed by atoms with Crippen LogP contribution in [0.5, 0.6) is 0 Å². The van der Waals surface area contributed by atoms with Gasteiger partial charge < -0.3 is 0 Å². The Morgan fingerprint density at radius 3 is 2.40 bits per heavy atom. The highest BCUT2D eigenvalue weighted by atomic mass is 32.2. The van der Waals surface area contributed by atoms with Crippen molar-refractivity contribution in [3.8, 4) is 0 Å². The number of rotatable bonds is 7. The van der Waals surface area contributed by atoms with E-state index in [9.17, 15) is 4.21 Å². The van der Waals surface area contributed by atoms with Crippen LogP contribution in [0, 0.1) is 0 Å². The number of hydrogen-bond donors (Lipinski definition) is 0. The van der Waals surface area contributed by atoms with Crippen molar-refractivity contribution in [1.82, 2.24) is 0 Å². The summed E-state index contributed by atoms with van der Waals surface area (Å²) < 4.78 is 13.8. The molecule has 1 aromatic carbocycles. The lowest BCUT2D eigenvalue weighted by atomic mass is 10.2. The summed E-state index contributed by atoms with van der Waals surface area (Å²) in [6.07, 6.45) is 6.80. The Morgan fingerprint density at radius 1 is 1.20 bits per heavy atom. The van der Waals surface area contributed by atoms with Gasteiger partial charge in [-0.1, -0.05) is 57.6 Å². The van der Waals surface area contributed by atoms with Crippen molar-refractivity contribution in [3.05, 3.63) is 46.7 Å². The van der Waals surface area contributed by atoms with Gasteiger partial charge in [-0.05, 0) is 31.1 Å². The molecule has 1 nitrogen and oxygen atoms in total. The van der Waals surface area contributed by atoms with Crippen LogP contribution in [0.1, 0.15) is 32.6 Å². The van der Waals surface area contributed by atoms with E-state index >= 15 is 0 Å². The van der Waals surface area contributed by atoms with Crippen molar-refractivity contribution < 1.29 is 4.21 Å². The molecule has 0 heterocycles. The maximum absolute atomic E-state index is 12.7. The van der Waals surface area contributed by atoms with E-state index in [2.05, 4.69) is 38.4 Å². The summed E-state index contributed by atoms with van der Waals surface area (Å²) >= 11 is 0. The second-order valence-electron chi connectivity index (χ2n) is 6.01. The fraction of sp³-hybridized carbons (Fsp3) is 0.471. The van der Waals surface area contributed by atoms with Crippen molar-refractivity contribution in [1.29, 1.82) is 0 Å². The fourth-order valence-corrected chi connectivity index (χ4v) is 5.82. The SMILES string of the molecule is CCCCCC=C=C(S(=O)c1ccccc1)[Si](C)(C)C. The van der Waals surface area contributed by atoms with E-state index in [-0.39, 0.29) is 0 Å². The molecule has 0 bridgehead atoms. The Labute approximate surface area is 127 Å². The van der Waals surface area contributed by atoms with Crippen LogP contribution in [-0.2, 0) is 10.8 Å². The molecule has 0 fully saturated rings. The number of unbranched alkanes of at least 4 members (excludes halogenated alkanes) is 3. The normalized spacial score (nSPS) is 12.6. The first-order chi connectivity index (χ1) is 9.46. The van der Waals surface area contributed by atoms with E-state index in [4.69, 9.17) is 0 Å². The van der Waals surface area contributed by atoms with Gasteiger partial charge in [0.1, 0.15) is 0 Å². The molecule has 0 aliphatic heterocycles. The second-order valence-corrected chi connectivity index (χ2v) is 12.8. The number of allylic oxidation sites excluding steroid dienone is 1. The topological polar surface area (TPSA) is 17.1 Å². The van der Waals surface area contributed by atoms with Crippen LogP contribution >= 0.6 is 0 Å². The van der Waals surface area contributed by atoms with Gasteiger partial charge >= 0.3 is 0 Å². The molecule has 0 spiro atoms. The molecule has 0 saturated heterocycles. The van der Waals surface area contributed by atoms with Crippen molar-refractivity contribution in [3.63, 3.8) is 0 Å². The number of benzene rings is 1. The third-order valence-corrected chi connectivity index (χ3v) is 8.10. The van der Waals surface area contributed by atoms with Gasteiger partial charge in [0.15, 0.2) is 0 Å². The highest BCUT2D eigenvalue weighted by Gasteiger charge is 2.25. The number of hydrogen-bond acceptors (Lipinski definition) is 1. The van der Waals surface area contributed by atoms with Crippen molar-refractivity contribution >= 4 is 18.9 Å². The average molecular weight is 307 g/mol. The zero-order valence-corrected chi connectivity index (χ0v) is 14.9. The molecule has 1 rings (SSSR count). The molecule has 3 heteroatoms.